The molecule has 0 bridgehead atoms. The van der Waals surface area contributed by atoms with Gasteiger partial charge in [-0.2, -0.15) is 0 Å². The standard InChI is InChI=1S/C30H36BrN3O5S/c1-5-6-18-32-30(36)23(3)33(20-24-8-7-9-25(31)19-24)29(35)21-34(26-12-14-27(39-4)15-13-26)40(37,38)28-16-10-22(2)11-17-28/h7-17,19,23H,5-6,18,20-21H2,1-4H3,(H,32,36)/t23-/m1/s1. The maximum Gasteiger partial charge on any atom is 0.264 e. The summed E-state index contributed by atoms with van der Waals surface area (Å²) in [5, 5.41) is 2.89. The third-order valence-corrected chi connectivity index (χ3v) is 8.77. The largest absolute Gasteiger partial charge is 0.497 e. The lowest BCUT2D eigenvalue weighted by atomic mass is 10.1. The number of hydrogen-bond donors (Lipinski definition) is 1. The first-order valence-corrected chi connectivity index (χ1v) is 15.3. The molecule has 3 aromatic carbocycles. The highest BCUT2D eigenvalue weighted by Gasteiger charge is 2.32. The van der Waals surface area contributed by atoms with Crippen LogP contribution in [0.1, 0.15) is 37.8 Å². The van der Waals surface area contributed by atoms with Crippen LogP contribution in [-0.2, 0) is 26.2 Å². The highest BCUT2D eigenvalue weighted by atomic mass is 79.9. The van der Waals surface area contributed by atoms with E-state index in [1.807, 2.05) is 38.1 Å². The zero-order valence-electron chi connectivity index (χ0n) is 23.3. The number of nitrogens with one attached hydrogen (secondary N) is 1. The molecular weight excluding hydrogens is 594 g/mol. The summed E-state index contributed by atoms with van der Waals surface area (Å²) in [4.78, 5) is 28.5. The Kier molecular flexibility index (Phi) is 11.2. The number of sulfonamides is 1. The van der Waals surface area contributed by atoms with Crippen molar-refractivity contribution in [1.29, 1.82) is 0 Å². The van der Waals surface area contributed by atoms with E-state index in [4.69, 9.17) is 4.74 Å². The molecule has 0 unspecified atom stereocenters. The van der Waals surface area contributed by atoms with E-state index in [2.05, 4.69) is 21.2 Å². The lowest BCUT2D eigenvalue weighted by molar-refractivity contribution is -0.139. The van der Waals surface area contributed by atoms with E-state index in [9.17, 15) is 18.0 Å². The van der Waals surface area contributed by atoms with Crippen LogP contribution in [0.5, 0.6) is 5.75 Å². The van der Waals surface area contributed by atoms with Crippen LogP contribution in [-0.4, -0.2) is 51.4 Å². The highest BCUT2D eigenvalue weighted by molar-refractivity contribution is 9.10. The molecule has 0 fully saturated rings. The van der Waals surface area contributed by atoms with E-state index >= 15 is 0 Å². The third-order valence-electron chi connectivity index (χ3n) is 6.49. The van der Waals surface area contributed by atoms with Crippen molar-refractivity contribution in [3.8, 4) is 5.75 Å². The molecule has 0 radical (unpaired) electrons. The van der Waals surface area contributed by atoms with Crippen LogP contribution >= 0.6 is 15.9 Å². The van der Waals surface area contributed by atoms with Crippen LogP contribution in [0.2, 0.25) is 0 Å². The van der Waals surface area contributed by atoms with Gasteiger partial charge in [0.2, 0.25) is 11.8 Å². The van der Waals surface area contributed by atoms with Gasteiger partial charge in [0.15, 0.2) is 0 Å². The minimum Gasteiger partial charge on any atom is -0.497 e. The van der Waals surface area contributed by atoms with Gasteiger partial charge in [-0.25, -0.2) is 8.42 Å². The Morgan fingerprint density at radius 1 is 1.02 bits per heavy atom. The number of benzene rings is 3. The Morgan fingerprint density at radius 2 is 1.70 bits per heavy atom. The molecule has 0 aliphatic heterocycles. The van der Waals surface area contributed by atoms with Gasteiger partial charge in [-0.3, -0.25) is 13.9 Å². The second-order valence-electron chi connectivity index (χ2n) is 9.49. The predicted octanol–water partition coefficient (Wildman–Crippen LogP) is 5.30. The van der Waals surface area contributed by atoms with Gasteiger partial charge in [0.25, 0.3) is 10.0 Å². The fourth-order valence-corrected chi connectivity index (χ4v) is 5.93. The fraction of sp³-hybridized carbons (Fsp3) is 0.333. The smallest absolute Gasteiger partial charge is 0.264 e. The van der Waals surface area contributed by atoms with Crippen molar-refractivity contribution in [3.05, 3.63) is 88.4 Å². The van der Waals surface area contributed by atoms with E-state index in [1.54, 1.807) is 43.3 Å². The summed E-state index contributed by atoms with van der Waals surface area (Å²) in [6.07, 6.45) is 1.74. The van der Waals surface area contributed by atoms with Gasteiger partial charge in [0, 0.05) is 17.6 Å². The number of rotatable bonds is 13. The zero-order valence-corrected chi connectivity index (χ0v) is 25.7. The molecule has 10 heteroatoms. The van der Waals surface area contributed by atoms with Crippen molar-refractivity contribution in [1.82, 2.24) is 10.2 Å². The van der Waals surface area contributed by atoms with Crippen molar-refractivity contribution in [2.24, 2.45) is 0 Å². The number of anilines is 1. The van der Waals surface area contributed by atoms with Crippen LogP contribution in [0.4, 0.5) is 5.69 Å². The van der Waals surface area contributed by atoms with Gasteiger partial charge in [-0.05, 0) is 74.4 Å². The molecule has 2 amide bonds. The van der Waals surface area contributed by atoms with Crippen molar-refractivity contribution < 1.29 is 22.7 Å². The van der Waals surface area contributed by atoms with Gasteiger partial charge >= 0.3 is 0 Å². The van der Waals surface area contributed by atoms with E-state index in [0.717, 1.165) is 32.7 Å². The molecule has 3 aromatic rings. The number of hydrogen-bond acceptors (Lipinski definition) is 5. The number of halogens is 1. The van der Waals surface area contributed by atoms with Crippen molar-refractivity contribution >= 4 is 43.5 Å². The Morgan fingerprint density at radius 3 is 2.30 bits per heavy atom. The summed E-state index contributed by atoms with van der Waals surface area (Å²) in [6, 6.07) is 19.5. The molecule has 0 saturated heterocycles. The molecule has 0 aliphatic carbocycles. The van der Waals surface area contributed by atoms with Crippen LogP contribution in [0.15, 0.2) is 82.2 Å². The molecule has 0 spiro atoms. The van der Waals surface area contributed by atoms with Gasteiger partial charge < -0.3 is 15.0 Å². The summed E-state index contributed by atoms with van der Waals surface area (Å²) in [5.41, 5.74) is 2.01. The third kappa shape index (κ3) is 8.08. The van der Waals surface area contributed by atoms with Crippen molar-refractivity contribution in [3.63, 3.8) is 0 Å². The maximum absolute atomic E-state index is 14.0. The molecule has 8 nitrogen and oxygen atoms in total. The Balaban J connectivity index is 2.00. The highest BCUT2D eigenvalue weighted by Crippen LogP contribution is 2.27. The summed E-state index contributed by atoms with van der Waals surface area (Å²) in [5.74, 6) is -0.254. The minimum absolute atomic E-state index is 0.0608. The van der Waals surface area contributed by atoms with Gasteiger partial charge in [0.1, 0.15) is 18.3 Å². The summed E-state index contributed by atoms with van der Waals surface area (Å²) >= 11 is 3.46. The Bertz CT molecular complexity index is 1400. The lowest BCUT2D eigenvalue weighted by Crippen LogP contribution is -2.51. The fourth-order valence-electron chi connectivity index (χ4n) is 4.07. The quantitative estimate of drug-likeness (QED) is 0.259. The zero-order chi connectivity index (χ0) is 29.3. The first kappa shape index (κ1) is 31.2. The molecule has 1 N–H and O–H groups in total. The number of ether oxygens (including phenoxy) is 1. The second-order valence-corrected chi connectivity index (χ2v) is 12.3. The predicted molar refractivity (Wildman–Crippen MR) is 161 cm³/mol. The number of nitrogens with zero attached hydrogens (tertiary/aromatic N) is 2. The summed E-state index contributed by atoms with van der Waals surface area (Å²) in [7, 11) is -2.61. The Hall–Kier alpha value is -3.37. The van der Waals surface area contributed by atoms with Gasteiger partial charge in [0.05, 0.1) is 17.7 Å². The average molecular weight is 631 g/mol. The van der Waals surface area contributed by atoms with Crippen LogP contribution in [0.25, 0.3) is 0 Å². The van der Waals surface area contributed by atoms with E-state index in [1.165, 1.54) is 24.1 Å². The van der Waals surface area contributed by atoms with Crippen LogP contribution < -0.4 is 14.4 Å². The molecule has 1 atom stereocenters. The van der Waals surface area contributed by atoms with E-state index in [0.29, 0.717) is 18.0 Å². The first-order valence-electron chi connectivity index (χ1n) is 13.1. The van der Waals surface area contributed by atoms with Crippen molar-refractivity contribution in [2.45, 2.75) is 51.1 Å². The minimum atomic E-state index is -4.13. The summed E-state index contributed by atoms with van der Waals surface area (Å²) < 4.78 is 34.9. The molecule has 0 saturated carbocycles. The first-order chi connectivity index (χ1) is 19.1. The molecule has 0 aliphatic rings. The van der Waals surface area contributed by atoms with Crippen LogP contribution in [0, 0.1) is 6.92 Å². The second kappa shape index (κ2) is 14.3. The van der Waals surface area contributed by atoms with Crippen molar-refractivity contribution in [2.75, 3.05) is 24.5 Å². The molecule has 0 aromatic heterocycles. The lowest BCUT2D eigenvalue weighted by Gasteiger charge is -2.32. The molecule has 3 rings (SSSR count). The van der Waals surface area contributed by atoms with Gasteiger partial charge in [-0.15, -0.1) is 0 Å². The normalized spacial score (nSPS) is 11.9. The number of carbonyl (C=O) groups is 2. The SMILES string of the molecule is CCCCNC(=O)[C@@H](C)N(Cc1cccc(Br)c1)C(=O)CN(c1ccc(OC)cc1)S(=O)(=O)c1ccc(C)cc1. The maximum atomic E-state index is 14.0. The average Bonchev–Trinajstić information content (AvgIpc) is 2.94. The van der Waals surface area contributed by atoms with Gasteiger partial charge in [-0.1, -0.05) is 59.1 Å². The topological polar surface area (TPSA) is 96.0 Å². The number of unbranched alkanes of at least 4 members (excludes halogenated alkanes) is 1. The molecule has 214 valence electrons. The molecule has 0 heterocycles. The molecular formula is C30H36BrN3O5S. The number of aryl methyl sites for hydroxylation is 1. The number of methoxy groups -OCH3 is 1. The monoisotopic (exact) mass is 629 g/mol. The number of amides is 2. The van der Waals surface area contributed by atoms with Crippen LogP contribution in [0.3, 0.4) is 0 Å². The Labute approximate surface area is 245 Å². The molecule has 40 heavy (non-hydrogen) atoms. The van der Waals surface area contributed by atoms with E-state index in [-0.39, 0.29) is 17.3 Å². The summed E-state index contributed by atoms with van der Waals surface area (Å²) in [6.45, 7) is 5.68. The number of carbonyl (C=O) groups excluding carboxylic acids is 2. The van der Waals surface area contributed by atoms with E-state index < -0.39 is 28.5 Å².